The van der Waals surface area contributed by atoms with Crippen LogP contribution in [0, 0.1) is 0 Å². The third-order valence-electron chi connectivity index (χ3n) is 4.56. The fourth-order valence-corrected chi connectivity index (χ4v) is 3.22. The summed E-state index contributed by atoms with van der Waals surface area (Å²) >= 11 is 0. The number of benzene rings is 4. The SMILES string of the molecule is c1ccc(-c2ccccc2-c2ccccc2)cc1.c1ccc2[nH]ccc2c1. The number of fused-ring (bicyclic) bond motifs is 1. The van der Waals surface area contributed by atoms with Crippen molar-refractivity contribution in [1.82, 2.24) is 4.98 Å². The van der Waals surface area contributed by atoms with E-state index in [0.29, 0.717) is 0 Å². The van der Waals surface area contributed by atoms with Crippen LogP contribution in [0.15, 0.2) is 121 Å². The van der Waals surface area contributed by atoms with E-state index in [2.05, 4.69) is 108 Å². The Hall–Kier alpha value is -3.58. The Morgan fingerprint density at radius 3 is 1.44 bits per heavy atom. The first-order valence-electron chi connectivity index (χ1n) is 9.14. The molecule has 1 aromatic heterocycles. The predicted octanol–water partition coefficient (Wildman–Crippen LogP) is 7.19. The molecule has 0 atom stereocenters. The van der Waals surface area contributed by atoms with Crippen LogP contribution in [0.5, 0.6) is 0 Å². The maximum Gasteiger partial charge on any atom is 0.0453 e. The smallest absolute Gasteiger partial charge is 0.0453 e. The van der Waals surface area contributed by atoms with Gasteiger partial charge in [0, 0.05) is 11.7 Å². The van der Waals surface area contributed by atoms with Gasteiger partial charge in [0.15, 0.2) is 0 Å². The second kappa shape index (κ2) is 8.20. The Labute approximate surface area is 159 Å². The summed E-state index contributed by atoms with van der Waals surface area (Å²) in [6.07, 6.45) is 1.95. The lowest BCUT2D eigenvalue weighted by Crippen LogP contribution is -1.83. The Morgan fingerprint density at radius 1 is 0.407 bits per heavy atom. The Morgan fingerprint density at radius 2 is 0.889 bits per heavy atom. The maximum atomic E-state index is 3.12. The number of H-pyrrole nitrogens is 1. The lowest BCUT2D eigenvalue weighted by atomic mass is 9.95. The molecule has 0 spiro atoms. The van der Waals surface area contributed by atoms with E-state index in [1.54, 1.807) is 0 Å². The monoisotopic (exact) mass is 347 g/mol. The van der Waals surface area contributed by atoms with Crippen LogP contribution in [-0.4, -0.2) is 4.98 Å². The van der Waals surface area contributed by atoms with Crippen molar-refractivity contribution in [2.45, 2.75) is 0 Å². The van der Waals surface area contributed by atoms with Crippen molar-refractivity contribution in [3.8, 4) is 22.3 Å². The van der Waals surface area contributed by atoms with Gasteiger partial charge >= 0.3 is 0 Å². The Balaban J connectivity index is 0.000000167. The van der Waals surface area contributed by atoms with E-state index in [-0.39, 0.29) is 0 Å². The Kier molecular flexibility index (Phi) is 5.12. The fourth-order valence-electron chi connectivity index (χ4n) is 3.22. The molecule has 5 aromatic rings. The highest BCUT2D eigenvalue weighted by Crippen LogP contribution is 2.31. The molecule has 1 N–H and O–H groups in total. The molecule has 0 aliphatic carbocycles. The van der Waals surface area contributed by atoms with Gasteiger partial charge in [-0.15, -0.1) is 0 Å². The Bertz CT molecular complexity index is 1020. The first-order chi connectivity index (χ1) is 13.4. The summed E-state index contributed by atoms with van der Waals surface area (Å²) in [6.45, 7) is 0. The summed E-state index contributed by atoms with van der Waals surface area (Å²) in [6, 6.07) is 39.9. The number of rotatable bonds is 2. The summed E-state index contributed by atoms with van der Waals surface area (Å²) < 4.78 is 0. The standard InChI is InChI=1S/C18H14.C8H7N/c1-3-9-15(10-4-1)17-13-7-8-14-18(17)16-11-5-2-6-12-16;1-2-4-8-7(3-1)5-6-9-8/h1-14H;1-6,9H. The first kappa shape index (κ1) is 16.9. The van der Waals surface area contributed by atoms with Crippen molar-refractivity contribution in [2.24, 2.45) is 0 Å². The van der Waals surface area contributed by atoms with Crippen LogP contribution in [0.25, 0.3) is 33.2 Å². The minimum atomic E-state index is 1.21. The average molecular weight is 347 g/mol. The van der Waals surface area contributed by atoms with Crippen LogP contribution in [0.3, 0.4) is 0 Å². The lowest BCUT2D eigenvalue weighted by Gasteiger charge is -2.09. The molecule has 1 nitrogen and oxygen atoms in total. The summed E-state index contributed by atoms with van der Waals surface area (Å²) in [5.74, 6) is 0. The van der Waals surface area contributed by atoms with Gasteiger partial charge in [-0.25, -0.2) is 0 Å². The van der Waals surface area contributed by atoms with Gasteiger partial charge in [-0.05, 0) is 39.8 Å². The van der Waals surface area contributed by atoms with Gasteiger partial charge in [0.2, 0.25) is 0 Å². The van der Waals surface area contributed by atoms with Crippen molar-refractivity contribution >= 4 is 10.9 Å². The quantitative estimate of drug-likeness (QED) is 0.348. The number of aromatic amines is 1. The molecular formula is C26H21N. The van der Waals surface area contributed by atoms with Gasteiger partial charge in [0.05, 0.1) is 0 Å². The van der Waals surface area contributed by atoms with Crippen molar-refractivity contribution in [3.05, 3.63) is 121 Å². The number of nitrogens with one attached hydrogen (secondary N) is 1. The summed E-state index contributed by atoms with van der Waals surface area (Å²) in [7, 11) is 0. The molecule has 1 heteroatoms. The van der Waals surface area contributed by atoms with Crippen LogP contribution >= 0.6 is 0 Å². The van der Waals surface area contributed by atoms with Crippen molar-refractivity contribution in [2.75, 3.05) is 0 Å². The fraction of sp³-hybridized carbons (Fsp3) is 0. The van der Waals surface area contributed by atoms with Gasteiger partial charge in [-0.3, -0.25) is 0 Å². The van der Waals surface area contributed by atoms with E-state index in [4.69, 9.17) is 0 Å². The molecule has 27 heavy (non-hydrogen) atoms. The van der Waals surface area contributed by atoms with Crippen LogP contribution in [0.4, 0.5) is 0 Å². The highest BCUT2D eigenvalue weighted by Gasteiger charge is 2.05. The molecule has 0 aliphatic heterocycles. The minimum Gasteiger partial charge on any atom is -0.361 e. The summed E-state index contributed by atoms with van der Waals surface area (Å²) in [5, 5.41) is 1.28. The minimum absolute atomic E-state index is 1.21. The molecule has 5 rings (SSSR count). The number of hydrogen-bond donors (Lipinski definition) is 1. The molecular weight excluding hydrogens is 326 g/mol. The zero-order valence-corrected chi connectivity index (χ0v) is 15.0. The molecule has 0 fully saturated rings. The second-order valence-corrected chi connectivity index (χ2v) is 6.34. The van der Waals surface area contributed by atoms with Gasteiger partial charge in [-0.2, -0.15) is 0 Å². The van der Waals surface area contributed by atoms with Gasteiger partial charge < -0.3 is 4.98 Å². The van der Waals surface area contributed by atoms with Crippen molar-refractivity contribution in [1.29, 1.82) is 0 Å². The molecule has 0 aliphatic rings. The van der Waals surface area contributed by atoms with Gasteiger partial charge in [-0.1, -0.05) is 103 Å². The number of hydrogen-bond acceptors (Lipinski definition) is 0. The van der Waals surface area contributed by atoms with Crippen molar-refractivity contribution in [3.63, 3.8) is 0 Å². The molecule has 0 saturated heterocycles. The average Bonchev–Trinajstić information content (AvgIpc) is 3.24. The number of para-hydroxylation sites is 1. The normalized spacial score (nSPS) is 10.2. The van der Waals surface area contributed by atoms with E-state index in [9.17, 15) is 0 Å². The van der Waals surface area contributed by atoms with Crippen molar-refractivity contribution < 1.29 is 0 Å². The highest BCUT2D eigenvalue weighted by molar-refractivity contribution is 5.83. The van der Waals surface area contributed by atoms with Crippen LogP contribution in [0.2, 0.25) is 0 Å². The highest BCUT2D eigenvalue weighted by atomic mass is 14.7. The first-order valence-corrected chi connectivity index (χ1v) is 9.14. The zero-order chi connectivity index (χ0) is 18.3. The van der Waals surface area contributed by atoms with Gasteiger partial charge in [0.25, 0.3) is 0 Å². The molecule has 0 unspecified atom stereocenters. The molecule has 1 heterocycles. The van der Waals surface area contributed by atoms with Crippen LogP contribution in [0.1, 0.15) is 0 Å². The van der Waals surface area contributed by atoms with E-state index in [1.165, 1.54) is 33.2 Å². The second-order valence-electron chi connectivity index (χ2n) is 6.34. The van der Waals surface area contributed by atoms with Crippen LogP contribution < -0.4 is 0 Å². The molecule has 4 aromatic carbocycles. The van der Waals surface area contributed by atoms with Gasteiger partial charge in [0.1, 0.15) is 0 Å². The predicted molar refractivity (Wildman–Crippen MR) is 116 cm³/mol. The summed E-state index contributed by atoms with van der Waals surface area (Å²) in [5.41, 5.74) is 6.29. The third kappa shape index (κ3) is 3.99. The van der Waals surface area contributed by atoms with E-state index in [0.717, 1.165) is 0 Å². The topological polar surface area (TPSA) is 15.8 Å². The largest absolute Gasteiger partial charge is 0.361 e. The molecule has 0 saturated carbocycles. The van der Waals surface area contributed by atoms with Crippen LogP contribution in [-0.2, 0) is 0 Å². The lowest BCUT2D eigenvalue weighted by molar-refractivity contribution is 1.48. The third-order valence-corrected chi connectivity index (χ3v) is 4.56. The zero-order valence-electron chi connectivity index (χ0n) is 15.0. The van der Waals surface area contributed by atoms with E-state index < -0.39 is 0 Å². The maximum absolute atomic E-state index is 3.12. The molecule has 0 amide bonds. The van der Waals surface area contributed by atoms with E-state index in [1.807, 2.05) is 18.3 Å². The number of aromatic nitrogens is 1. The summed E-state index contributed by atoms with van der Waals surface area (Å²) in [4.78, 5) is 3.12. The molecule has 130 valence electrons. The van der Waals surface area contributed by atoms with E-state index >= 15 is 0 Å². The molecule has 0 bridgehead atoms. The molecule has 0 radical (unpaired) electrons.